The van der Waals surface area contributed by atoms with Crippen LogP contribution in [0.25, 0.3) is 0 Å². The molecule has 0 unspecified atom stereocenters. The Kier molecular flexibility index (Phi) is 7.06. The van der Waals surface area contributed by atoms with E-state index in [1.807, 2.05) is 26.0 Å². The fourth-order valence-corrected chi connectivity index (χ4v) is 3.20. The van der Waals surface area contributed by atoms with Crippen LogP contribution in [0.1, 0.15) is 28.1 Å². The highest BCUT2D eigenvalue weighted by Crippen LogP contribution is 2.29. The highest BCUT2D eigenvalue weighted by atomic mass is 32.1. The zero-order valence-corrected chi connectivity index (χ0v) is 16.0. The average Bonchev–Trinajstić information content (AvgIpc) is 2.92. The highest BCUT2D eigenvalue weighted by Gasteiger charge is 2.08. The van der Waals surface area contributed by atoms with Crippen molar-refractivity contribution in [2.45, 2.75) is 33.7 Å². The van der Waals surface area contributed by atoms with E-state index in [4.69, 9.17) is 4.74 Å². The van der Waals surface area contributed by atoms with Crippen LogP contribution in [0.3, 0.4) is 0 Å². The van der Waals surface area contributed by atoms with Gasteiger partial charge in [0.1, 0.15) is 5.01 Å². The molecule has 0 aliphatic carbocycles. The number of methoxy groups -OCH3 is 1. The molecule has 0 atom stereocenters. The van der Waals surface area contributed by atoms with E-state index in [1.165, 1.54) is 4.88 Å². The Morgan fingerprint density at radius 1 is 1.32 bits per heavy atom. The van der Waals surface area contributed by atoms with Crippen molar-refractivity contribution in [1.29, 1.82) is 0 Å². The number of benzene rings is 1. The van der Waals surface area contributed by atoms with Crippen molar-refractivity contribution in [2.24, 2.45) is 4.99 Å². The second kappa shape index (κ2) is 9.27. The van der Waals surface area contributed by atoms with Gasteiger partial charge in [0.05, 0.1) is 19.3 Å². The number of phenols is 1. The van der Waals surface area contributed by atoms with Gasteiger partial charge in [0.15, 0.2) is 17.5 Å². The average molecular weight is 362 g/mol. The Hall–Kier alpha value is -2.28. The van der Waals surface area contributed by atoms with Crippen LogP contribution in [-0.4, -0.2) is 36.2 Å². The highest BCUT2D eigenvalue weighted by molar-refractivity contribution is 7.11. The van der Waals surface area contributed by atoms with E-state index in [9.17, 15) is 5.11 Å². The lowest BCUT2D eigenvalue weighted by Gasteiger charge is -2.12. The van der Waals surface area contributed by atoms with E-state index < -0.39 is 0 Å². The Labute approximate surface area is 153 Å². The maximum Gasteiger partial charge on any atom is 0.191 e. The summed E-state index contributed by atoms with van der Waals surface area (Å²) < 4.78 is 5.14. The fourth-order valence-electron chi connectivity index (χ4n) is 2.35. The van der Waals surface area contributed by atoms with Gasteiger partial charge < -0.3 is 20.5 Å². The zero-order chi connectivity index (χ0) is 18.2. The summed E-state index contributed by atoms with van der Waals surface area (Å²) in [6.07, 6.45) is 0.670. The van der Waals surface area contributed by atoms with Gasteiger partial charge in [-0.15, -0.1) is 11.3 Å². The number of guanidine groups is 1. The van der Waals surface area contributed by atoms with Crippen molar-refractivity contribution in [1.82, 2.24) is 15.6 Å². The Balaban J connectivity index is 1.94. The summed E-state index contributed by atoms with van der Waals surface area (Å²) in [6, 6.07) is 5.51. The molecule has 1 aromatic carbocycles. The lowest BCUT2D eigenvalue weighted by molar-refractivity contribution is 0.370. The summed E-state index contributed by atoms with van der Waals surface area (Å²) >= 11 is 1.68. The molecule has 1 aromatic heterocycles. The second-order valence-corrected chi connectivity index (χ2v) is 6.88. The van der Waals surface area contributed by atoms with E-state index in [2.05, 4.69) is 27.5 Å². The van der Waals surface area contributed by atoms with E-state index in [0.717, 1.165) is 28.8 Å². The number of hydrogen-bond donors (Lipinski definition) is 3. The largest absolute Gasteiger partial charge is 0.504 e. The zero-order valence-electron chi connectivity index (χ0n) is 15.2. The SMILES string of the molecule is CCNC(=NCc1nc(C)c(C)s1)NCCc1cccc(OC)c1O. The lowest BCUT2D eigenvalue weighted by atomic mass is 10.1. The molecule has 0 radical (unpaired) electrons. The molecule has 7 heteroatoms. The monoisotopic (exact) mass is 362 g/mol. The first-order valence-electron chi connectivity index (χ1n) is 8.35. The summed E-state index contributed by atoms with van der Waals surface area (Å²) in [4.78, 5) is 10.3. The van der Waals surface area contributed by atoms with Crippen molar-refractivity contribution >= 4 is 17.3 Å². The maximum absolute atomic E-state index is 10.1. The molecule has 0 saturated carbocycles. The quantitative estimate of drug-likeness (QED) is 0.521. The van der Waals surface area contributed by atoms with Crippen LogP contribution in [0, 0.1) is 13.8 Å². The number of aryl methyl sites for hydroxylation is 2. The van der Waals surface area contributed by atoms with Crippen LogP contribution in [0.2, 0.25) is 0 Å². The summed E-state index contributed by atoms with van der Waals surface area (Å²) in [5.41, 5.74) is 1.91. The van der Waals surface area contributed by atoms with E-state index in [1.54, 1.807) is 24.5 Å². The topological polar surface area (TPSA) is 78.8 Å². The summed E-state index contributed by atoms with van der Waals surface area (Å²) in [5.74, 6) is 1.44. The van der Waals surface area contributed by atoms with Crippen LogP contribution >= 0.6 is 11.3 Å². The van der Waals surface area contributed by atoms with Gasteiger partial charge >= 0.3 is 0 Å². The first-order chi connectivity index (χ1) is 12.0. The van der Waals surface area contributed by atoms with Crippen LogP contribution in [0.5, 0.6) is 11.5 Å². The van der Waals surface area contributed by atoms with E-state index >= 15 is 0 Å². The molecule has 2 aromatic rings. The number of aromatic hydroxyl groups is 1. The molecule has 0 aliphatic heterocycles. The number of aliphatic imine (C=N–C) groups is 1. The Bertz CT molecular complexity index is 708. The molecule has 0 saturated heterocycles. The van der Waals surface area contributed by atoms with Gasteiger partial charge in [0.25, 0.3) is 0 Å². The number of nitrogens with one attached hydrogen (secondary N) is 2. The van der Waals surface area contributed by atoms with Gasteiger partial charge in [-0.25, -0.2) is 9.98 Å². The van der Waals surface area contributed by atoms with Gasteiger partial charge in [-0.1, -0.05) is 12.1 Å². The predicted octanol–water partition coefficient (Wildman–Crippen LogP) is 2.77. The minimum Gasteiger partial charge on any atom is -0.504 e. The molecule has 3 N–H and O–H groups in total. The molecule has 25 heavy (non-hydrogen) atoms. The number of rotatable bonds is 7. The molecule has 1 heterocycles. The number of thiazole rings is 1. The second-order valence-electron chi connectivity index (χ2n) is 5.59. The summed E-state index contributed by atoms with van der Waals surface area (Å²) in [7, 11) is 1.55. The summed E-state index contributed by atoms with van der Waals surface area (Å²) in [6.45, 7) is 8.11. The number of phenolic OH excluding ortho intramolecular Hbond substituents is 1. The number of nitrogens with zero attached hydrogens (tertiary/aromatic N) is 2. The number of hydrogen-bond acceptors (Lipinski definition) is 5. The third-order valence-corrected chi connectivity index (χ3v) is 4.84. The minimum absolute atomic E-state index is 0.197. The predicted molar refractivity (Wildman–Crippen MR) is 103 cm³/mol. The third kappa shape index (κ3) is 5.35. The normalized spacial score (nSPS) is 11.4. The standard InChI is InChI=1S/C18H26N4O2S/c1-5-19-18(21-11-16-22-12(2)13(3)25-16)20-10-9-14-7-6-8-15(24-4)17(14)23/h6-8,23H,5,9-11H2,1-4H3,(H2,19,20,21). The third-order valence-electron chi connectivity index (χ3n) is 3.78. The van der Waals surface area contributed by atoms with Gasteiger partial charge in [-0.3, -0.25) is 0 Å². The maximum atomic E-state index is 10.1. The van der Waals surface area contributed by atoms with Gasteiger partial charge in [-0.05, 0) is 38.8 Å². The molecule has 0 spiro atoms. The van der Waals surface area contributed by atoms with Gasteiger partial charge in [-0.2, -0.15) is 0 Å². The fraction of sp³-hybridized carbons (Fsp3) is 0.444. The van der Waals surface area contributed by atoms with Crippen LogP contribution < -0.4 is 15.4 Å². The summed E-state index contributed by atoms with van der Waals surface area (Å²) in [5, 5.41) is 17.7. The first-order valence-corrected chi connectivity index (χ1v) is 9.16. The molecular weight excluding hydrogens is 336 g/mol. The van der Waals surface area contributed by atoms with Crippen molar-refractivity contribution in [3.05, 3.63) is 39.3 Å². The van der Waals surface area contributed by atoms with E-state index in [-0.39, 0.29) is 5.75 Å². The van der Waals surface area contributed by atoms with E-state index in [0.29, 0.717) is 25.3 Å². The number of para-hydroxylation sites is 1. The molecule has 2 rings (SSSR count). The number of ether oxygens (including phenoxy) is 1. The van der Waals surface area contributed by atoms with Crippen molar-refractivity contribution in [2.75, 3.05) is 20.2 Å². The molecule has 0 aliphatic rings. The van der Waals surface area contributed by atoms with Crippen molar-refractivity contribution in [3.8, 4) is 11.5 Å². The molecule has 0 bridgehead atoms. The Morgan fingerprint density at radius 3 is 2.76 bits per heavy atom. The Morgan fingerprint density at radius 2 is 2.12 bits per heavy atom. The molecule has 0 amide bonds. The van der Waals surface area contributed by atoms with Crippen molar-refractivity contribution in [3.63, 3.8) is 0 Å². The molecule has 6 nitrogen and oxygen atoms in total. The molecule has 0 fully saturated rings. The van der Waals surface area contributed by atoms with Crippen LogP contribution in [0.15, 0.2) is 23.2 Å². The lowest BCUT2D eigenvalue weighted by Crippen LogP contribution is -2.38. The minimum atomic E-state index is 0.197. The smallest absolute Gasteiger partial charge is 0.191 e. The van der Waals surface area contributed by atoms with Crippen LogP contribution in [-0.2, 0) is 13.0 Å². The molecule has 136 valence electrons. The van der Waals surface area contributed by atoms with Crippen molar-refractivity contribution < 1.29 is 9.84 Å². The van der Waals surface area contributed by atoms with Gasteiger partial charge in [0, 0.05) is 18.0 Å². The molecular formula is C18H26N4O2S. The number of aromatic nitrogens is 1. The van der Waals surface area contributed by atoms with Crippen LogP contribution in [0.4, 0.5) is 0 Å². The van der Waals surface area contributed by atoms with Gasteiger partial charge in [0.2, 0.25) is 0 Å². The first kappa shape index (κ1) is 19.1.